The van der Waals surface area contributed by atoms with E-state index in [1.54, 1.807) is 7.05 Å². The number of nitrogens with zero attached hydrogens (tertiary/aromatic N) is 3. The highest BCUT2D eigenvalue weighted by Gasteiger charge is 2.02. The average Bonchev–Trinajstić information content (AvgIpc) is 2.56. The van der Waals surface area contributed by atoms with Gasteiger partial charge in [-0.2, -0.15) is 15.0 Å². The number of nitrogens with one attached hydrogen (secondary N) is 6. The van der Waals surface area contributed by atoms with Gasteiger partial charge in [0.2, 0.25) is 29.7 Å². The number of carbonyl (C=O) groups is 3. The van der Waals surface area contributed by atoms with Crippen molar-refractivity contribution in [3.63, 3.8) is 0 Å². The molecular formula is C11H22N10O4. The molecule has 0 aromatic carbocycles. The van der Waals surface area contributed by atoms with E-state index in [9.17, 15) is 14.4 Å². The number of ether oxygens (including phenoxy) is 1. The minimum Gasteiger partial charge on any atom is -0.368 e. The molecule has 1 aromatic rings. The van der Waals surface area contributed by atoms with E-state index in [0.717, 1.165) is 0 Å². The number of anilines is 3. The number of amides is 4. The van der Waals surface area contributed by atoms with Crippen molar-refractivity contribution in [1.82, 2.24) is 36.5 Å². The topological polar surface area (TPSA) is 197 Å². The summed E-state index contributed by atoms with van der Waals surface area (Å²) in [5.74, 6) is -0.0211. The van der Waals surface area contributed by atoms with Crippen LogP contribution in [0.5, 0.6) is 0 Å². The molecule has 8 N–H and O–H groups in total. The summed E-state index contributed by atoms with van der Waals surface area (Å²) in [6.07, 6.45) is 0. The van der Waals surface area contributed by atoms with Gasteiger partial charge in [-0.05, 0) is 0 Å². The molecule has 0 unspecified atom stereocenters. The van der Waals surface area contributed by atoms with Crippen LogP contribution in [0.3, 0.4) is 0 Å². The van der Waals surface area contributed by atoms with E-state index >= 15 is 0 Å². The molecule has 0 bridgehead atoms. The van der Waals surface area contributed by atoms with E-state index in [0.29, 0.717) is 5.95 Å². The van der Waals surface area contributed by atoms with Crippen molar-refractivity contribution < 1.29 is 19.1 Å². The molecule has 1 heterocycles. The third-order valence-corrected chi connectivity index (χ3v) is 1.96. The van der Waals surface area contributed by atoms with E-state index in [1.165, 1.54) is 21.0 Å². The van der Waals surface area contributed by atoms with Crippen LogP contribution < -0.4 is 38.1 Å². The Morgan fingerprint density at radius 1 is 1.00 bits per heavy atom. The Labute approximate surface area is 143 Å². The lowest BCUT2D eigenvalue weighted by Gasteiger charge is -2.06. The molecule has 140 valence electrons. The number of hydrogen-bond donors (Lipinski definition) is 7. The van der Waals surface area contributed by atoms with E-state index in [-0.39, 0.29) is 30.4 Å². The normalized spacial score (nSPS) is 8.96. The van der Waals surface area contributed by atoms with Crippen molar-refractivity contribution in [2.75, 3.05) is 37.4 Å². The van der Waals surface area contributed by atoms with Gasteiger partial charge in [0, 0.05) is 28.0 Å². The van der Waals surface area contributed by atoms with Gasteiger partial charge in [0.25, 0.3) is 0 Å². The number of rotatable bonds is 5. The maximum atomic E-state index is 10.6. The van der Waals surface area contributed by atoms with Gasteiger partial charge in [0.05, 0.1) is 0 Å². The molecule has 0 spiro atoms. The van der Waals surface area contributed by atoms with Crippen LogP contribution in [0.25, 0.3) is 0 Å². The summed E-state index contributed by atoms with van der Waals surface area (Å²) in [6, 6.07) is -0.512. The smallest absolute Gasteiger partial charge is 0.335 e. The maximum Gasteiger partial charge on any atom is 0.335 e. The number of nitrogens with two attached hydrogens (primary N) is 1. The van der Waals surface area contributed by atoms with Crippen molar-refractivity contribution in [3.8, 4) is 0 Å². The second-order valence-corrected chi connectivity index (χ2v) is 4.14. The number of carbonyl (C=O) groups excluding carboxylic acids is 3. The molecule has 0 aliphatic rings. The molecule has 0 saturated carbocycles. The summed E-state index contributed by atoms with van der Waals surface area (Å²) < 4.78 is 4.53. The van der Waals surface area contributed by atoms with Crippen molar-refractivity contribution in [2.24, 2.45) is 0 Å². The molecule has 14 nitrogen and oxygen atoms in total. The van der Waals surface area contributed by atoms with Crippen LogP contribution in [0.4, 0.5) is 22.6 Å². The van der Waals surface area contributed by atoms with Crippen molar-refractivity contribution in [2.45, 2.75) is 13.8 Å². The molecule has 1 rings (SSSR count). The summed E-state index contributed by atoms with van der Waals surface area (Å²) in [7, 11) is 3.09. The average molecular weight is 358 g/mol. The third-order valence-electron chi connectivity index (χ3n) is 1.96. The molecule has 4 amide bonds. The van der Waals surface area contributed by atoms with Crippen LogP contribution in [0.15, 0.2) is 0 Å². The number of nitrogen functional groups attached to an aromatic ring is 1. The van der Waals surface area contributed by atoms with Crippen LogP contribution >= 0.6 is 0 Å². The van der Waals surface area contributed by atoms with E-state index in [1.807, 2.05) is 0 Å². The van der Waals surface area contributed by atoms with Gasteiger partial charge in [0.1, 0.15) is 6.73 Å². The minimum absolute atomic E-state index is 0.0669. The first-order valence-electron chi connectivity index (χ1n) is 6.79. The summed E-state index contributed by atoms with van der Waals surface area (Å²) in [6.45, 7) is 2.75. The molecule has 14 heteroatoms. The Bertz CT molecular complexity index is 582. The van der Waals surface area contributed by atoms with Gasteiger partial charge in [-0.3, -0.25) is 25.9 Å². The SMILES string of the molecule is CNc1nc(N)nc(NNC(C)=O)n1.COCNC(=O)NNC(C)=O. The second kappa shape index (κ2) is 12.1. The van der Waals surface area contributed by atoms with Gasteiger partial charge in [-0.15, -0.1) is 0 Å². The molecule has 0 radical (unpaired) electrons. The lowest BCUT2D eigenvalue weighted by Crippen LogP contribution is -2.46. The number of methoxy groups -OCH3 is 1. The largest absolute Gasteiger partial charge is 0.368 e. The molecule has 0 fully saturated rings. The second-order valence-electron chi connectivity index (χ2n) is 4.14. The Hall–Kier alpha value is -3.42. The molecule has 25 heavy (non-hydrogen) atoms. The molecule has 0 saturated heterocycles. The number of hydrazine groups is 2. The van der Waals surface area contributed by atoms with Crippen molar-refractivity contribution >= 4 is 35.7 Å². The van der Waals surface area contributed by atoms with Crippen LogP contribution in [-0.2, 0) is 14.3 Å². The standard InChI is InChI=1S/C6H11N7O.C5H11N3O3/c1-3(14)12-13-6-10-4(7)9-5(8-2)11-6;1-4(9)7-8-5(10)6-3-11-2/h1-2H3,(H,12,14)(H4,7,8,9,10,11,13);3H2,1-2H3,(H,7,9)(H2,6,8,10). The van der Waals surface area contributed by atoms with Crippen LogP contribution in [-0.4, -0.2) is 53.7 Å². The number of aromatic nitrogens is 3. The zero-order valence-electron chi connectivity index (χ0n) is 14.3. The Kier molecular flexibility index (Phi) is 10.4. The van der Waals surface area contributed by atoms with Gasteiger partial charge in [-0.25, -0.2) is 10.2 Å². The molecule has 1 aromatic heterocycles. The predicted octanol–water partition coefficient (Wildman–Crippen LogP) is -2.10. The first-order valence-corrected chi connectivity index (χ1v) is 6.79. The zero-order valence-corrected chi connectivity index (χ0v) is 14.3. The lowest BCUT2D eigenvalue weighted by atomic mass is 10.7. The molecule has 0 aliphatic heterocycles. The lowest BCUT2D eigenvalue weighted by molar-refractivity contribution is -0.120. The molecule has 0 aliphatic carbocycles. The predicted molar refractivity (Wildman–Crippen MR) is 88.6 cm³/mol. The maximum absolute atomic E-state index is 10.6. The van der Waals surface area contributed by atoms with E-state index < -0.39 is 6.03 Å². The summed E-state index contributed by atoms with van der Waals surface area (Å²) >= 11 is 0. The van der Waals surface area contributed by atoms with Crippen molar-refractivity contribution in [3.05, 3.63) is 0 Å². The summed E-state index contributed by atoms with van der Waals surface area (Å²) in [5.41, 5.74) is 14.4. The highest BCUT2D eigenvalue weighted by molar-refractivity contribution is 5.79. The summed E-state index contributed by atoms with van der Waals surface area (Å²) in [4.78, 5) is 42.8. The fourth-order valence-electron chi connectivity index (χ4n) is 1.03. The number of hydrogen-bond acceptors (Lipinski definition) is 10. The highest BCUT2D eigenvalue weighted by atomic mass is 16.5. The fraction of sp³-hybridized carbons (Fsp3) is 0.455. The van der Waals surface area contributed by atoms with Crippen LogP contribution in [0.1, 0.15) is 13.8 Å². The quantitative estimate of drug-likeness (QED) is 0.226. The summed E-state index contributed by atoms with van der Waals surface area (Å²) in [5, 5.41) is 5.00. The van der Waals surface area contributed by atoms with Gasteiger partial charge < -0.3 is 21.1 Å². The van der Waals surface area contributed by atoms with Gasteiger partial charge in [-0.1, -0.05) is 0 Å². The Morgan fingerprint density at radius 3 is 2.12 bits per heavy atom. The van der Waals surface area contributed by atoms with Crippen molar-refractivity contribution in [1.29, 1.82) is 0 Å². The van der Waals surface area contributed by atoms with Crippen LogP contribution in [0, 0.1) is 0 Å². The number of urea groups is 1. The van der Waals surface area contributed by atoms with E-state index in [2.05, 4.69) is 52.0 Å². The Balaban J connectivity index is 0.000000477. The van der Waals surface area contributed by atoms with Gasteiger partial charge >= 0.3 is 6.03 Å². The first-order chi connectivity index (χ1) is 11.8. The minimum atomic E-state index is -0.512. The Morgan fingerprint density at radius 2 is 1.60 bits per heavy atom. The monoisotopic (exact) mass is 358 g/mol. The third kappa shape index (κ3) is 11.8. The highest BCUT2D eigenvalue weighted by Crippen LogP contribution is 2.04. The first kappa shape index (κ1) is 21.6. The van der Waals surface area contributed by atoms with E-state index in [4.69, 9.17) is 5.73 Å². The molecular weight excluding hydrogens is 336 g/mol. The van der Waals surface area contributed by atoms with Gasteiger partial charge in [0.15, 0.2) is 0 Å². The molecule has 0 atom stereocenters. The zero-order chi connectivity index (χ0) is 19.2. The van der Waals surface area contributed by atoms with Crippen LogP contribution in [0.2, 0.25) is 0 Å². The fourth-order valence-corrected chi connectivity index (χ4v) is 1.03.